The van der Waals surface area contributed by atoms with Gasteiger partial charge in [0.1, 0.15) is 11.2 Å². The van der Waals surface area contributed by atoms with Crippen LogP contribution in [0.2, 0.25) is 0 Å². The van der Waals surface area contributed by atoms with Gasteiger partial charge in [0.2, 0.25) is 0 Å². The van der Waals surface area contributed by atoms with Gasteiger partial charge in [-0.2, -0.15) is 0 Å². The zero-order valence-corrected chi connectivity index (χ0v) is 32.6. The van der Waals surface area contributed by atoms with Crippen LogP contribution >= 0.6 is 0 Å². The Morgan fingerprint density at radius 1 is 0.439 bits per heavy atom. The monoisotopic (exact) mass is 735 g/mol. The number of nitrogens with zero attached hydrogens (tertiary/aromatic N) is 1. The molecule has 4 fully saturated rings. The molecule has 14 rings (SSSR count). The van der Waals surface area contributed by atoms with Gasteiger partial charge in [0, 0.05) is 44.7 Å². The molecule has 2 nitrogen and oxygen atoms in total. The Morgan fingerprint density at radius 3 is 1.81 bits per heavy atom. The van der Waals surface area contributed by atoms with Crippen molar-refractivity contribution >= 4 is 39.0 Å². The van der Waals surface area contributed by atoms with Gasteiger partial charge in [0.25, 0.3) is 0 Å². The van der Waals surface area contributed by atoms with Gasteiger partial charge in [-0.15, -0.1) is 0 Å². The fourth-order valence-electron chi connectivity index (χ4n) is 13.3. The highest BCUT2D eigenvalue weighted by molar-refractivity contribution is 6.06. The quantitative estimate of drug-likeness (QED) is 0.179. The molecule has 4 bridgehead atoms. The van der Waals surface area contributed by atoms with Gasteiger partial charge in [0.05, 0.1) is 0 Å². The Morgan fingerprint density at radius 2 is 1.02 bits per heavy atom. The number of para-hydroxylation sites is 1. The maximum Gasteiger partial charge on any atom is 0.137 e. The minimum Gasteiger partial charge on any atom is -0.456 e. The molecule has 6 aliphatic carbocycles. The van der Waals surface area contributed by atoms with Crippen molar-refractivity contribution in [3.05, 3.63) is 174 Å². The molecule has 0 unspecified atom stereocenters. The molecule has 1 spiro atoms. The first kappa shape index (κ1) is 32.2. The fraction of sp³-hybridized carbons (Fsp3) is 0.236. The van der Waals surface area contributed by atoms with Crippen LogP contribution in [0.15, 0.2) is 156 Å². The Kier molecular flexibility index (Phi) is 6.44. The van der Waals surface area contributed by atoms with Crippen molar-refractivity contribution in [1.29, 1.82) is 0 Å². The summed E-state index contributed by atoms with van der Waals surface area (Å²) in [6.45, 7) is 4.72. The summed E-state index contributed by atoms with van der Waals surface area (Å²) in [6, 6.07) is 57.2. The number of anilines is 3. The average Bonchev–Trinajstić information content (AvgIpc) is 3.83. The van der Waals surface area contributed by atoms with E-state index in [9.17, 15) is 0 Å². The summed E-state index contributed by atoms with van der Waals surface area (Å²) in [6.07, 6.45) is 7.14. The van der Waals surface area contributed by atoms with Gasteiger partial charge in [-0.25, -0.2) is 0 Å². The van der Waals surface area contributed by atoms with Crippen LogP contribution in [-0.2, 0) is 10.8 Å². The molecule has 0 amide bonds. The Bertz CT molecular complexity index is 2930. The van der Waals surface area contributed by atoms with Crippen molar-refractivity contribution in [2.45, 2.75) is 56.8 Å². The average molecular weight is 736 g/mol. The number of furan rings is 1. The van der Waals surface area contributed by atoms with E-state index in [0.29, 0.717) is 0 Å². The van der Waals surface area contributed by atoms with Gasteiger partial charge in [-0.1, -0.05) is 111 Å². The molecule has 8 aromatic rings. The molecule has 57 heavy (non-hydrogen) atoms. The first-order valence-corrected chi connectivity index (χ1v) is 21.3. The smallest absolute Gasteiger partial charge is 0.137 e. The molecule has 276 valence electrons. The van der Waals surface area contributed by atoms with Crippen LogP contribution in [0, 0.1) is 23.7 Å². The summed E-state index contributed by atoms with van der Waals surface area (Å²) >= 11 is 0. The van der Waals surface area contributed by atoms with E-state index in [2.05, 4.69) is 164 Å². The summed E-state index contributed by atoms with van der Waals surface area (Å²) in [5.41, 5.74) is 19.5. The van der Waals surface area contributed by atoms with Crippen LogP contribution < -0.4 is 4.90 Å². The second-order valence-corrected chi connectivity index (χ2v) is 18.5. The molecule has 1 heterocycles. The summed E-state index contributed by atoms with van der Waals surface area (Å²) in [5, 5.41) is 2.29. The maximum absolute atomic E-state index is 6.45. The first-order valence-electron chi connectivity index (χ1n) is 21.3. The minimum absolute atomic E-state index is 0.0957. The van der Waals surface area contributed by atoms with E-state index < -0.39 is 0 Å². The predicted molar refractivity (Wildman–Crippen MR) is 235 cm³/mol. The molecule has 2 heteroatoms. The predicted octanol–water partition coefficient (Wildman–Crippen LogP) is 14.8. The SMILES string of the molecule is CC1(C)c2ccccc2-c2ccc(N(c3ccc(-c4ccc5c(c4)-c4ccccc4C54C5CC6CC(C5)CC4C6)cc3)c3ccc4c(c3)oc3ccccc34)cc21. The Hall–Kier alpha value is -5.86. The highest BCUT2D eigenvalue weighted by atomic mass is 16.3. The third-order valence-corrected chi connectivity index (χ3v) is 15.5. The van der Waals surface area contributed by atoms with Crippen molar-refractivity contribution in [2.75, 3.05) is 4.90 Å². The molecule has 1 aromatic heterocycles. The number of hydrogen-bond acceptors (Lipinski definition) is 2. The third kappa shape index (κ3) is 4.31. The van der Waals surface area contributed by atoms with E-state index in [1.165, 1.54) is 76.6 Å². The van der Waals surface area contributed by atoms with E-state index in [1.54, 1.807) is 11.1 Å². The molecular weight excluding hydrogens is 691 g/mol. The van der Waals surface area contributed by atoms with E-state index in [0.717, 1.165) is 62.7 Å². The lowest BCUT2D eigenvalue weighted by Crippen LogP contribution is -2.55. The van der Waals surface area contributed by atoms with E-state index >= 15 is 0 Å². The van der Waals surface area contributed by atoms with E-state index in [1.807, 2.05) is 6.07 Å². The third-order valence-electron chi connectivity index (χ3n) is 15.5. The second-order valence-electron chi connectivity index (χ2n) is 18.5. The van der Waals surface area contributed by atoms with E-state index in [-0.39, 0.29) is 10.8 Å². The topological polar surface area (TPSA) is 16.4 Å². The lowest BCUT2D eigenvalue weighted by molar-refractivity contribution is -0.0399. The molecular formula is C55H45NO. The van der Waals surface area contributed by atoms with Gasteiger partial charge < -0.3 is 9.32 Å². The molecule has 7 aromatic carbocycles. The van der Waals surface area contributed by atoms with E-state index in [4.69, 9.17) is 4.42 Å². The summed E-state index contributed by atoms with van der Waals surface area (Å²) in [7, 11) is 0. The Labute approximate surface area is 334 Å². The van der Waals surface area contributed by atoms with Crippen molar-refractivity contribution in [2.24, 2.45) is 23.7 Å². The summed E-state index contributed by atoms with van der Waals surface area (Å²) in [5.74, 6) is 3.47. The maximum atomic E-state index is 6.45. The molecule has 0 atom stereocenters. The van der Waals surface area contributed by atoms with Gasteiger partial charge >= 0.3 is 0 Å². The van der Waals surface area contributed by atoms with Gasteiger partial charge in [0.15, 0.2) is 0 Å². The second kappa shape index (κ2) is 11.4. The highest BCUT2D eigenvalue weighted by Gasteiger charge is 2.61. The summed E-state index contributed by atoms with van der Waals surface area (Å²) in [4.78, 5) is 2.41. The number of hydrogen-bond donors (Lipinski definition) is 0. The molecule has 0 saturated heterocycles. The van der Waals surface area contributed by atoms with Gasteiger partial charge in [-0.3, -0.25) is 0 Å². The van der Waals surface area contributed by atoms with Crippen LogP contribution in [-0.4, -0.2) is 0 Å². The zero-order chi connectivity index (χ0) is 37.6. The number of benzene rings is 7. The number of rotatable bonds is 4. The lowest BCUT2D eigenvalue weighted by atomic mass is 9.43. The van der Waals surface area contributed by atoms with Crippen molar-refractivity contribution < 1.29 is 4.42 Å². The molecule has 0 radical (unpaired) electrons. The van der Waals surface area contributed by atoms with Crippen LogP contribution in [0.5, 0.6) is 0 Å². The normalized spacial score (nSPS) is 24.2. The zero-order valence-electron chi connectivity index (χ0n) is 32.6. The highest BCUT2D eigenvalue weighted by Crippen LogP contribution is 2.69. The van der Waals surface area contributed by atoms with Crippen molar-refractivity contribution in [3.8, 4) is 33.4 Å². The fourth-order valence-corrected chi connectivity index (χ4v) is 13.3. The van der Waals surface area contributed by atoms with Crippen LogP contribution in [0.3, 0.4) is 0 Å². The number of fused-ring (bicyclic) bond motifs is 9. The van der Waals surface area contributed by atoms with Crippen LogP contribution in [0.25, 0.3) is 55.3 Å². The van der Waals surface area contributed by atoms with Crippen LogP contribution in [0.4, 0.5) is 17.1 Å². The molecule has 6 aliphatic rings. The Balaban J connectivity index is 0.924. The van der Waals surface area contributed by atoms with Gasteiger partial charge in [-0.05, 0) is 160 Å². The largest absolute Gasteiger partial charge is 0.456 e. The molecule has 0 aliphatic heterocycles. The first-order chi connectivity index (χ1) is 27.9. The molecule has 0 N–H and O–H groups in total. The standard InChI is InChI=1S/C55H45NO/c1-54(2)48-12-6-3-9-42(48)44-22-20-40(31-51(44)54)56(41-21-23-46-45-11-5-8-14-52(45)57-53(46)32-41)39-18-15-35(16-19-39)36-17-24-50-47(30-36)43-10-4-7-13-49(43)55(50)37-26-33-25-34(28-37)29-38(55)27-33/h3-24,30-34,37-38H,25-29H2,1-2H3. The van der Waals surface area contributed by atoms with Crippen molar-refractivity contribution in [3.63, 3.8) is 0 Å². The van der Waals surface area contributed by atoms with Crippen molar-refractivity contribution in [1.82, 2.24) is 0 Å². The van der Waals surface area contributed by atoms with Crippen LogP contribution in [0.1, 0.15) is 68.2 Å². The lowest BCUT2D eigenvalue weighted by Gasteiger charge is -2.61. The summed E-state index contributed by atoms with van der Waals surface area (Å²) < 4.78 is 6.45. The molecule has 4 saturated carbocycles. The minimum atomic E-state index is -0.0957.